The molecule has 0 saturated heterocycles. The van der Waals surface area contributed by atoms with Crippen LogP contribution in [0.2, 0.25) is 0 Å². The first-order valence-electron chi connectivity index (χ1n) is 8.51. The van der Waals surface area contributed by atoms with Crippen LogP contribution < -0.4 is 4.52 Å². The van der Waals surface area contributed by atoms with Gasteiger partial charge in [-0.2, -0.15) is 31.3 Å². The second kappa shape index (κ2) is 9.17. The van der Waals surface area contributed by atoms with Crippen LogP contribution in [0.3, 0.4) is 0 Å². The fourth-order valence-electron chi connectivity index (χ4n) is 2.32. The van der Waals surface area contributed by atoms with Crippen molar-refractivity contribution in [3.8, 4) is 17.3 Å². The Morgan fingerprint density at radius 3 is 1.80 bits per heavy atom. The van der Waals surface area contributed by atoms with Gasteiger partial charge in [0.25, 0.3) is 0 Å². The first kappa shape index (κ1) is 24.5. The smallest absolute Gasteiger partial charge is 0.406 e. The van der Waals surface area contributed by atoms with Crippen LogP contribution in [0, 0.1) is 6.92 Å². The lowest BCUT2D eigenvalue weighted by Crippen LogP contribution is -2.11. The van der Waals surface area contributed by atoms with Crippen LogP contribution >= 0.6 is 6.72 Å². The summed E-state index contributed by atoms with van der Waals surface area (Å²) >= 11 is 5.21. The first-order chi connectivity index (χ1) is 13.8. The Kier molecular flexibility index (Phi) is 7.49. The predicted molar refractivity (Wildman–Crippen MR) is 100 cm³/mol. The van der Waals surface area contributed by atoms with E-state index >= 15 is 0 Å². The maximum atomic E-state index is 13.1. The molecule has 0 radical (unpaired) electrons. The van der Waals surface area contributed by atoms with Gasteiger partial charge < -0.3 is 4.52 Å². The van der Waals surface area contributed by atoms with Crippen LogP contribution in [0.15, 0.2) is 24.3 Å². The van der Waals surface area contributed by atoms with E-state index < -0.39 is 41.6 Å². The average Bonchev–Trinajstić information content (AvgIpc) is 2.59. The molecule has 5 nitrogen and oxygen atoms in total. The van der Waals surface area contributed by atoms with Crippen LogP contribution in [0.25, 0.3) is 11.4 Å². The molecule has 0 aliphatic carbocycles. The molecule has 30 heavy (non-hydrogen) atoms. The summed E-state index contributed by atoms with van der Waals surface area (Å²) in [5, 5.41) is 0. The van der Waals surface area contributed by atoms with Gasteiger partial charge in [0.1, 0.15) is 0 Å². The van der Waals surface area contributed by atoms with Crippen molar-refractivity contribution in [2.75, 3.05) is 13.2 Å². The quantitative estimate of drug-likeness (QED) is 0.354. The van der Waals surface area contributed by atoms with E-state index in [9.17, 15) is 26.3 Å². The van der Waals surface area contributed by atoms with E-state index in [1.165, 1.54) is 13.0 Å². The minimum Gasteiger partial charge on any atom is -0.406 e. The molecule has 0 bridgehead atoms. The highest BCUT2D eigenvalue weighted by molar-refractivity contribution is 8.07. The highest BCUT2D eigenvalue weighted by Crippen LogP contribution is 2.49. The zero-order valence-corrected chi connectivity index (χ0v) is 17.7. The third-order valence-electron chi connectivity index (χ3n) is 3.46. The van der Waals surface area contributed by atoms with Gasteiger partial charge in [0.2, 0.25) is 5.88 Å². The maximum Gasteiger partial charge on any atom is 0.416 e. The van der Waals surface area contributed by atoms with Gasteiger partial charge in [-0.1, -0.05) is 0 Å². The van der Waals surface area contributed by atoms with Crippen LogP contribution in [0.4, 0.5) is 26.3 Å². The van der Waals surface area contributed by atoms with Crippen LogP contribution in [0.5, 0.6) is 5.88 Å². The number of benzene rings is 1. The average molecular weight is 474 g/mol. The summed E-state index contributed by atoms with van der Waals surface area (Å²) in [4.78, 5) is 7.88. The Hall–Kier alpha value is -1.75. The van der Waals surface area contributed by atoms with E-state index in [2.05, 4.69) is 9.97 Å². The molecule has 0 aliphatic heterocycles. The number of hydrogen-bond acceptors (Lipinski definition) is 6. The number of hydrogen-bond donors (Lipinski definition) is 0. The van der Waals surface area contributed by atoms with Gasteiger partial charge in [-0.3, -0.25) is 9.05 Å². The fourth-order valence-corrected chi connectivity index (χ4v) is 4.32. The number of nitrogens with zero attached hydrogens (tertiary/aromatic N) is 2. The lowest BCUT2D eigenvalue weighted by molar-refractivity contribution is -0.143. The molecule has 0 spiro atoms. The molecule has 1 aromatic heterocycles. The predicted octanol–water partition coefficient (Wildman–Crippen LogP) is 6.17. The van der Waals surface area contributed by atoms with Gasteiger partial charge in [-0.15, -0.1) is 0 Å². The second-order valence-corrected chi connectivity index (χ2v) is 8.77. The van der Waals surface area contributed by atoms with E-state index in [-0.39, 0.29) is 30.9 Å². The Morgan fingerprint density at radius 2 is 1.37 bits per heavy atom. The lowest BCUT2D eigenvalue weighted by Gasteiger charge is -2.20. The van der Waals surface area contributed by atoms with E-state index in [4.69, 9.17) is 25.4 Å². The molecule has 2 rings (SSSR count). The minimum absolute atomic E-state index is 0.0285. The third-order valence-corrected chi connectivity index (χ3v) is 5.87. The summed E-state index contributed by atoms with van der Waals surface area (Å²) in [5.41, 5.74) is -3.20. The van der Waals surface area contributed by atoms with E-state index in [0.29, 0.717) is 12.1 Å². The van der Waals surface area contributed by atoms with Crippen molar-refractivity contribution in [1.29, 1.82) is 0 Å². The summed E-state index contributed by atoms with van der Waals surface area (Å²) < 4.78 is 94.9. The normalized spacial score (nSPS) is 12.8. The second-order valence-electron chi connectivity index (χ2n) is 5.84. The fraction of sp³-hybridized carbons (Fsp3) is 0.412. The molecular weight excluding hydrogens is 457 g/mol. The molecule has 13 heteroatoms. The number of alkyl halides is 6. The molecule has 1 aromatic carbocycles. The van der Waals surface area contributed by atoms with Crippen molar-refractivity contribution in [3.05, 3.63) is 41.1 Å². The SMILES string of the molecule is CCOP(=S)(OCC)Oc1cc(C)nc(-c2cc(C(F)(F)F)cc(C(F)(F)F)c2)n1. The van der Waals surface area contributed by atoms with Gasteiger partial charge in [0.05, 0.1) is 24.3 Å². The molecule has 0 fully saturated rings. The van der Waals surface area contributed by atoms with Crippen molar-refractivity contribution in [2.45, 2.75) is 33.1 Å². The number of aromatic nitrogens is 2. The van der Waals surface area contributed by atoms with Crippen molar-refractivity contribution >= 4 is 18.5 Å². The van der Waals surface area contributed by atoms with Crippen LogP contribution in [-0.2, 0) is 33.2 Å². The molecular formula is C17H17F6N2O3PS. The molecule has 0 saturated carbocycles. The number of rotatable bonds is 7. The maximum absolute atomic E-state index is 13.1. The van der Waals surface area contributed by atoms with Gasteiger partial charge in [-0.25, -0.2) is 4.98 Å². The van der Waals surface area contributed by atoms with Crippen molar-refractivity contribution in [1.82, 2.24) is 9.97 Å². The largest absolute Gasteiger partial charge is 0.416 e. The topological polar surface area (TPSA) is 53.5 Å². The van der Waals surface area contributed by atoms with Crippen LogP contribution in [0.1, 0.15) is 30.7 Å². The molecule has 0 amide bonds. The molecule has 0 N–H and O–H groups in total. The molecule has 1 heterocycles. The van der Waals surface area contributed by atoms with Gasteiger partial charge in [-0.05, 0) is 39.0 Å². The number of aryl methyl sites for hydroxylation is 1. The highest BCUT2D eigenvalue weighted by atomic mass is 32.5. The summed E-state index contributed by atoms with van der Waals surface area (Å²) in [5.74, 6) is -0.579. The molecule has 0 unspecified atom stereocenters. The Balaban J connectivity index is 2.58. The Bertz CT molecular complexity index is 910. The zero-order valence-electron chi connectivity index (χ0n) is 16.0. The van der Waals surface area contributed by atoms with E-state index in [0.717, 1.165) is 0 Å². The number of halogens is 6. The summed E-state index contributed by atoms with van der Waals surface area (Å²) in [6.45, 7) is 1.85. The standard InChI is InChI=1S/C17H17F6N2O3PS/c1-4-26-29(30,27-5-2)28-14-6-10(3)24-15(25-14)11-7-12(16(18,19)20)9-13(8-11)17(21,22)23/h6-9H,4-5H2,1-3H3. The third kappa shape index (κ3) is 6.37. The molecule has 0 aliphatic rings. The molecule has 0 atom stereocenters. The first-order valence-corrected chi connectivity index (χ1v) is 11.1. The summed E-state index contributed by atoms with van der Waals surface area (Å²) in [6.07, 6.45) is -9.99. The van der Waals surface area contributed by atoms with Gasteiger partial charge in [0.15, 0.2) is 5.82 Å². The summed E-state index contributed by atoms with van der Waals surface area (Å²) in [6, 6.07) is 2.42. The van der Waals surface area contributed by atoms with E-state index in [1.807, 2.05) is 0 Å². The molecule has 166 valence electrons. The highest BCUT2D eigenvalue weighted by Gasteiger charge is 2.37. The molecule has 2 aromatic rings. The van der Waals surface area contributed by atoms with Crippen molar-refractivity contribution in [3.63, 3.8) is 0 Å². The van der Waals surface area contributed by atoms with Gasteiger partial charge in [0, 0.05) is 29.1 Å². The monoisotopic (exact) mass is 474 g/mol. The minimum atomic E-state index is -5.00. The van der Waals surface area contributed by atoms with Crippen molar-refractivity contribution < 1.29 is 39.9 Å². The zero-order chi connectivity index (χ0) is 22.7. The van der Waals surface area contributed by atoms with Gasteiger partial charge >= 0.3 is 19.1 Å². The summed E-state index contributed by atoms with van der Waals surface area (Å²) in [7, 11) is 0. The lowest BCUT2D eigenvalue weighted by atomic mass is 10.0. The van der Waals surface area contributed by atoms with E-state index in [1.54, 1.807) is 13.8 Å². The Morgan fingerprint density at radius 1 is 0.867 bits per heavy atom. The van der Waals surface area contributed by atoms with Crippen molar-refractivity contribution in [2.24, 2.45) is 0 Å². The Labute approximate surface area is 173 Å². The van der Waals surface area contributed by atoms with Crippen LogP contribution in [-0.4, -0.2) is 23.2 Å².